The Morgan fingerprint density at radius 3 is 2.68 bits per heavy atom. The Hall–Kier alpha value is -1.21. The Bertz CT molecular complexity index is 526. The van der Waals surface area contributed by atoms with Crippen molar-refractivity contribution >= 4 is 22.6 Å². The van der Waals surface area contributed by atoms with Crippen molar-refractivity contribution in [3.63, 3.8) is 0 Å². The minimum Gasteiger partial charge on any atom is -0.345 e. The molecule has 0 bridgehead atoms. The maximum Gasteiger partial charge on any atom is 0.242 e. The minimum atomic E-state index is -0.604. The quantitative estimate of drug-likeness (QED) is 0.910. The number of aromatic nitrogens is 2. The fourth-order valence-corrected chi connectivity index (χ4v) is 4.16. The average Bonchev–Trinajstić information content (AvgIpc) is 3.11. The summed E-state index contributed by atoms with van der Waals surface area (Å²) in [5.41, 5.74) is 5.72. The van der Waals surface area contributed by atoms with Crippen molar-refractivity contribution in [3.05, 3.63) is 5.82 Å². The Balaban J connectivity index is 1.63. The second kappa shape index (κ2) is 6.50. The van der Waals surface area contributed by atoms with Gasteiger partial charge in [0.1, 0.15) is 5.82 Å². The molecule has 1 aromatic rings. The molecular weight excluding hydrogens is 298 g/mol. The van der Waals surface area contributed by atoms with Gasteiger partial charge in [0, 0.05) is 44.1 Å². The van der Waals surface area contributed by atoms with E-state index in [-0.39, 0.29) is 5.91 Å². The number of nitrogens with zero attached hydrogens (tertiary/aromatic N) is 4. The van der Waals surface area contributed by atoms with Crippen LogP contribution in [0.2, 0.25) is 0 Å². The Morgan fingerprint density at radius 2 is 2.00 bits per heavy atom. The maximum atomic E-state index is 12.7. The van der Waals surface area contributed by atoms with Crippen molar-refractivity contribution < 1.29 is 4.79 Å². The van der Waals surface area contributed by atoms with E-state index in [0.717, 1.165) is 75.7 Å². The lowest BCUT2D eigenvalue weighted by Crippen LogP contribution is -2.54. The zero-order valence-corrected chi connectivity index (χ0v) is 14.1. The molecule has 0 aromatic carbocycles. The first kappa shape index (κ1) is 15.7. The first-order valence-electron chi connectivity index (χ1n) is 8.28. The molecule has 1 aliphatic carbocycles. The van der Waals surface area contributed by atoms with Crippen LogP contribution in [0.5, 0.6) is 0 Å². The van der Waals surface area contributed by atoms with Crippen LogP contribution in [0.25, 0.3) is 0 Å². The summed E-state index contributed by atoms with van der Waals surface area (Å²) in [6, 6.07) is 0. The summed E-state index contributed by atoms with van der Waals surface area (Å²) in [7, 11) is 0. The van der Waals surface area contributed by atoms with Crippen LogP contribution in [0.3, 0.4) is 0 Å². The number of hydrogen-bond donors (Lipinski definition) is 1. The summed E-state index contributed by atoms with van der Waals surface area (Å²) in [5.74, 6) is 1.06. The lowest BCUT2D eigenvalue weighted by atomic mass is 9.97. The van der Waals surface area contributed by atoms with Gasteiger partial charge in [0.2, 0.25) is 11.0 Å². The van der Waals surface area contributed by atoms with E-state index < -0.39 is 5.54 Å². The summed E-state index contributed by atoms with van der Waals surface area (Å²) < 4.78 is 4.36. The highest BCUT2D eigenvalue weighted by Gasteiger charge is 2.40. The SMILES string of the molecule is CCc1nsc(N2CCCN(C(=O)C3(N)CCCC3)CC2)n1. The van der Waals surface area contributed by atoms with E-state index in [4.69, 9.17) is 5.73 Å². The molecule has 0 spiro atoms. The molecule has 1 saturated carbocycles. The third kappa shape index (κ3) is 3.10. The van der Waals surface area contributed by atoms with Gasteiger partial charge in [-0.25, -0.2) is 4.98 Å². The van der Waals surface area contributed by atoms with E-state index in [1.165, 1.54) is 11.5 Å². The number of aryl methyl sites for hydroxylation is 1. The van der Waals surface area contributed by atoms with Crippen molar-refractivity contribution in [2.75, 3.05) is 31.1 Å². The molecule has 1 amide bonds. The van der Waals surface area contributed by atoms with Gasteiger partial charge >= 0.3 is 0 Å². The molecule has 1 aliphatic heterocycles. The fraction of sp³-hybridized carbons (Fsp3) is 0.800. The highest BCUT2D eigenvalue weighted by Crippen LogP contribution is 2.29. The van der Waals surface area contributed by atoms with Gasteiger partial charge in [-0.1, -0.05) is 19.8 Å². The largest absolute Gasteiger partial charge is 0.345 e. The van der Waals surface area contributed by atoms with Gasteiger partial charge in [0.05, 0.1) is 5.54 Å². The van der Waals surface area contributed by atoms with E-state index >= 15 is 0 Å². The van der Waals surface area contributed by atoms with Crippen LogP contribution >= 0.6 is 11.5 Å². The molecule has 7 heteroatoms. The fourth-order valence-electron chi connectivity index (χ4n) is 3.36. The summed E-state index contributed by atoms with van der Waals surface area (Å²) in [6.45, 7) is 5.35. The van der Waals surface area contributed by atoms with Crippen LogP contribution in [0.15, 0.2) is 0 Å². The average molecular weight is 323 g/mol. The van der Waals surface area contributed by atoms with Crippen LogP contribution < -0.4 is 10.6 Å². The van der Waals surface area contributed by atoms with Gasteiger partial charge in [-0.15, -0.1) is 0 Å². The second-order valence-electron chi connectivity index (χ2n) is 6.34. The van der Waals surface area contributed by atoms with E-state index in [1.807, 2.05) is 4.90 Å². The summed E-state index contributed by atoms with van der Waals surface area (Å²) in [5, 5.41) is 0.981. The normalized spacial score (nSPS) is 21.9. The molecule has 1 aromatic heterocycles. The minimum absolute atomic E-state index is 0.151. The highest BCUT2D eigenvalue weighted by atomic mass is 32.1. The molecule has 2 heterocycles. The molecule has 2 N–H and O–H groups in total. The molecule has 0 unspecified atom stereocenters. The van der Waals surface area contributed by atoms with Crippen LogP contribution in [-0.2, 0) is 11.2 Å². The number of carbonyl (C=O) groups is 1. The Kier molecular flexibility index (Phi) is 4.63. The molecule has 6 nitrogen and oxygen atoms in total. The molecule has 0 atom stereocenters. The topological polar surface area (TPSA) is 75.4 Å². The zero-order chi connectivity index (χ0) is 15.6. The van der Waals surface area contributed by atoms with Gasteiger partial charge in [0.15, 0.2) is 0 Å². The molecule has 2 aliphatic rings. The van der Waals surface area contributed by atoms with E-state index in [9.17, 15) is 4.79 Å². The Labute approximate surface area is 135 Å². The third-order valence-corrected chi connectivity index (χ3v) is 5.56. The molecular formula is C15H25N5OS. The highest BCUT2D eigenvalue weighted by molar-refractivity contribution is 7.09. The number of nitrogens with two attached hydrogens (primary N) is 1. The second-order valence-corrected chi connectivity index (χ2v) is 7.07. The van der Waals surface area contributed by atoms with E-state index in [1.54, 1.807) is 0 Å². The number of anilines is 1. The van der Waals surface area contributed by atoms with Gasteiger partial charge in [-0.2, -0.15) is 4.37 Å². The number of carbonyl (C=O) groups excluding carboxylic acids is 1. The van der Waals surface area contributed by atoms with Crippen molar-refractivity contribution in [1.82, 2.24) is 14.3 Å². The van der Waals surface area contributed by atoms with Crippen LogP contribution in [-0.4, -0.2) is 51.9 Å². The van der Waals surface area contributed by atoms with Crippen molar-refractivity contribution in [2.24, 2.45) is 5.73 Å². The smallest absolute Gasteiger partial charge is 0.242 e. The Morgan fingerprint density at radius 1 is 1.23 bits per heavy atom. The number of hydrogen-bond acceptors (Lipinski definition) is 6. The molecule has 1 saturated heterocycles. The first-order chi connectivity index (χ1) is 10.6. The lowest BCUT2D eigenvalue weighted by Gasteiger charge is -2.30. The zero-order valence-electron chi connectivity index (χ0n) is 13.3. The standard InChI is InChI=1S/C15H25N5OS/c1-2-12-17-14(22-18-12)20-9-5-8-19(10-11-20)13(21)15(16)6-3-4-7-15/h2-11,16H2,1H3. The van der Waals surface area contributed by atoms with Crippen LogP contribution in [0, 0.1) is 0 Å². The number of rotatable bonds is 3. The van der Waals surface area contributed by atoms with Crippen LogP contribution in [0.4, 0.5) is 5.13 Å². The van der Waals surface area contributed by atoms with Crippen LogP contribution in [0.1, 0.15) is 44.9 Å². The predicted molar refractivity (Wildman–Crippen MR) is 88.1 cm³/mol. The van der Waals surface area contributed by atoms with Gasteiger partial charge in [0.25, 0.3) is 0 Å². The van der Waals surface area contributed by atoms with Crippen molar-refractivity contribution in [2.45, 2.75) is 51.0 Å². The summed E-state index contributed by atoms with van der Waals surface area (Å²) >= 11 is 1.46. The monoisotopic (exact) mass is 323 g/mol. The molecule has 0 radical (unpaired) electrons. The molecule has 2 fully saturated rings. The van der Waals surface area contributed by atoms with Gasteiger partial charge < -0.3 is 15.5 Å². The third-order valence-electron chi connectivity index (χ3n) is 4.75. The van der Waals surface area contributed by atoms with Crippen molar-refractivity contribution in [1.29, 1.82) is 0 Å². The maximum absolute atomic E-state index is 12.7. The van der Waals surface area contributed by atoms with E-state index in [0.29, 0.717) is 0 Å². The van der Waals surface area contributed by atoms with E-state index in [2.05, 4.69) is 21.2 Å². The van der Waals surface area contributed by atoms with Gasteiger partial charge in [-0.05, 0) is 19.3 Å². The van der Waals surface area contributed by atoms with Gasteiger partial charge in [-0.3, -0.25) is 4.79 Å². The summed E-state index contributed by atoms with van der Waals surface area (Å²) in [6.07, 6.45) is 5.65. The first-order valence-corrected chi connectivity index (χ1v) is 9.05. The predicted octanol–water partition coefficient (Wildman–Crippen LogP) is 1.41. The van der Waals surface area contributed by atoms with Crippen molar-refractivity contribution in [3.8, 4) is 0 Å². The molecule has 122 valence electrons. The molecule has 3 rings (SSSR count). The molecule has 22 heavy (non-hydrogen) atoms. The summed E-state index contributed by atoms with van der Waals surface area (Å²) in [4.78, 5) is 21.5. The lowest BCUT2D eigenvalue weighted by molar-refractivity contribution is -0.136. The number of amides is 1.